The highest BCUT2D eigenvalue weighted by molar-refractivity contribution is 5.99. The third-order valence-corrected chi connectivity index (χ3v) is 6.27. The molecule has 2 heterocycles. The van der Waals surface area contributed by atoms with Gasteiger partial charge < -0.3 is 16.4 Å². The van der Waals surface area contributed by atoms with Crippen LogP contribution in [0.3, 0.4) is 0 Å². The monoisotopic (exact) mass is 495 g/mol. The third kappa shape index (κ3) is 4.95. The summed E-state index contributed by atoms with van der Waals surface area (Å²) in [5.74, 6) is 0.369. The van der Waals surface area contributed by atoms with Crippen LogP contribution >= 0.6 is 0 Å². The quantitative estimate of drug-likeness (QED) is 0.325. The van der Waals surface area contributed by atoms with Crippen LogP contribution in [0.5, 0.6) is 0 Å². The standard InChI is InChI=1S/C25H24F3N7O/c26-25(27,28)16-6-4-8-18(13-16)33-24(36)32-17-7-3-5-15(11-17)12-20-21-22(29)30-14-31-23(21)35(34-20)19-9-1-2-10-19/h3-8,11,13-14,19H,1-2,9-10,12H2,(H2,29,30,31)(H2,32,33,36). The van der Waals surface area contributed by atoms with Gasteiger partial charge in [-0.3, -0.25) is 0 Å². The fourth-order valence-corrected chi connectivity index (χ4v) is 4.61. The predicted octanol–water partition coefficient (Wildman–Crippen LogP) is 5.78. The first-order valence-electron chi connectivity index (χ1n) is 11.6. The highest BCUT2D eigenvalue weighted by atomic mass is 19.4. The molecule has 4 N–H and O–H groups in total. The van der Waals surface area contributed by atoms with Crippen LogP contribution in [0, 0.1) is 0 Å². The number of benzene rings is 2. The molecule has 4 aromatic rings. The van der Waals surface area contributed by atoms with Crippen LogP contribution in [0.25, 0.3) is 11.0 Å². The summed E-state index contributed by atoms with van der Waals surface area (Å²) in [6.45, 7) is 0. The first kappa shape index (κ1) is 23.6. The first-order valence-corrected chi connectivity index (χ1v) is 11.6. The lowest BCUT2D eigenvalue weighted by atomic mass is 10.1. The maximum Gasteiger partial charge on any atom is 0.416 e. The number of nitrogens with zero attached hydrogens (tertiary/aromatic N) is 4. The molecule has 0 aliphatic heterocycles. The minimum atomic E-state index is -4.49. The van der Waals surface area contributed by atoms with Crippen molar-refractivity contribution >= 4 is 34.3 Å². The Morgan fingerprint density at radius 1 is 1.03 bits per heavy atom. The van der Waals surface area contributed by atoms with E-state index in [1.807, 2.05) is 10.7 Å². The van der Waals surface area contributed by atoms with E-state index in [-0.39, 0.29) is 11.7 Å². The number of aromatic nitrogens is 4. The van der Waals surface area contributed by atoms with Gasteiger partial charge in [0.05, 0.1) is 22.7 Å². The summed E-state index contributed by atoms with van der Waals surface area (Å²) in [6.07, 6.45) is 1.78. The van der Waals surface area contributed by atoms with Gasteiger partial charge in [0.15, 0.2) is 5.65 Å². The molecule has 1 fully saturated rings. The predicted molar refractivity (Wildman–Crippen MR) is 131 cm³/mol. The Hall–Kier alpha value is -4.15. The molecule has 0 bridgehead atoms. The van der Waals surface area contributed by atoms with Crippen molar-refractivity contribution in [1.82, 2.24) is 19.7 Å². The van der Waals surface area contributed by atoms with E-state index < -0.39 is 17.8 Å². The zero-order valence-corrected chi connectivity index (χ0v) is 19.2. The number of rotatable bonds is 5. The zero-order valence-electron chi connectivity index (χ0n) is 19.2. The number of carbonyl (C=O) groups is 1. The average Bonchev–Trinajstić information content (AvgIpc) is 3.48. The van der Waals surface area contributed by atoms with Gasteiger partial charge in [0.2, 0.25) is 0 Å². The summed E-state index contributed by atoms with van der Waals surface area (Å²) in [6, 6.07) is 11.3. The molecule has 0 radical (unpaired) electrons. The van der Waals surface area contributed by atoms with Crippen molar-refractivity contribution in [2.45, 2.75) is 44.3 Å². The van der Waals surface area contributed by atoms with Gasteiger partial charge in [0.1, 0.15) is 12.1 Å². The number of hydrogen-bond acceptors (Lipinski definition) is 5. The van der Waals surface area contributed by atoms with E-state index in [1.165, 1.54) is 18.5 Å². The number of anilines is 3. The molecule has 1 saturated carbocycles. The topological polar surface area (TPSA) is 111 Å². The third-order valence-electron chi connectivity index (χ3n) is 6.27. The van der Waals surface area contributed by atoms with Crippen LogP contribution in [0.4, 0.5) is 35.2 Å². The SMILES string of the molecule is Nc1ncnc2c1c(Cc1cccc(NC(=O)Nc3cccc(C(F)(F)F)c3)c1)nn2C1CCCC1. The minimum absolute atomic E-state index is 0.0397. The zero-order chi connectivity index (χ0) is 25.3. The smallest absolute Gasteiger partial charge is 0.383 e. The number of fused-ring (bicyclic) bond motifs is 1. The van der Waals surface area contributed by atoms with Crippen LogP contribution in [0.1, 0.15) is 48.5 Å². The Kier molecular flexibility index (Phi) is 6.21. The lowest BCUT2D eigenvalue weighted by molar-refractivity contribution is -0.137. The molecule has 36 heavy (non-hydrogen) atoms. The summed E-state index contributed by atoms with van der Waals surface area (Å²) in [4.78, 5) is 21.0. The highest BCUT2D eigenvalue weighted by Gasteiger charge is 2.30. The van der Waals surface area contributed by atoms with E-state index >= 15 is 0 Å². The van der Waals surface area contributed by atoms with E-state index in [0.717, 1.165) is 60.1 Å². The average molecular weight is 496 g/mol. The number of nitrogens with one attached hydrogen (secondary N) is 2. The number of nitrogen functional groups attached to an aromatic ring is 1. The molecular formula is C25H24F3N7O. The van der Waals surface area contributed by atoms with E-state index in [9.17, 15) is 18.0 Å². The van der Waals surface area contributed by atoms with E-state index in [0.29, 0.717) is 17.9 Å². The first-order chi connectivity index (χ1) is 17.3. The number of nitrogens with two attached hydrogens (primary N) is 1. The van der Waals surface area contributed by atoms with Gasteiger partial charge in [0.25, 0.3) is 0 Å². The molecule has 2 amide bonds. The second kappa shape index (κ2) is 9.48. The molecular weight excluding hydrogens is 471 g/mol. The van der Waals surface area contributed by atoms with Crippen LogP contribution in [-0.2, 0) is 12.6 Å². The molecule has 8 nitrogen and oxygen atoms in total. The second-order valence-electron chi connectivity index (χ2n) is 8.82. The molecule has 2 aromatic heterocycles. The van der Waals surface area contributed by atoms with E-state index in [1.54, 1.807) is 18.2 Å². The number of amides is 2. The van der Waals surface area contributed by atoms with Crippen LogP contribution in [0.15, 0.2) is 54.9 Å². The van der Waals surface area contributed by atoms with Crippen LogP contribution in [0.2, 0.25) is 0 Å². The Balaban J connectivity index is 1.34. The van der Waals surface area contributed by atoms with Crippen molar-refractivity contribution in [3.8, 4) is 0 Å². The van der Waals surface area contributed by atoms with Gasteiger partial charge in [-0.15, -0.1) is 0 Å². The maximum atomic E-state index is 12.9. The summed E-state index contributed by atoms with van der Waals surface area (Å²) < 4.78 is 40.8. The van der Waals surface area contributed by atoms with Crippen LogP contribution in [-0.4, -0.2) is 25.8 Å². The summed E-state index contributed by atoms with van der Waals surface area (Å²) in [5, 5.41) is 10.7. The molecule has 0 saturated heterocycles. The molecule has 2 aromatic carbocycles. The van der Waals surface area contributed by atoms with Crippen molar-refractivity contribution in [2.24, 2.45) is 0 Å². The fourth-order valence-electron chi connectivity index (χ4n) is 4.61. The largest absolute Gasteiger partial charge is 0.416 e. The van der Waals surface area contributed by atoms with Gasteiger partial charge in [0, 0.05) is 17.8 Å². The maximum absolute atomic E-state index is 12.9. The molecule has 0 atom stereocenters. The Labute approximate surface area is 204 Å². The summed E-state index contributed by atoms with van der Waals surface area (Å²) >= 11 is 0. The Bertz CT molecular complexity index is 1410. The van der Waals surface area contributed by atoms with Gasteiger partial charge >= 0.3 is 12.2 Å². The van der Waals surface area contributed by atoms with Crippen molar-refractivity contribution < 1.29 is 18.0 Å². The Morgan fingerprint density at radius 2 is 1.72 bits per heavy atom. The van der Waals surface area contributed by atoms with Crippen molar-refractivity contribution in [3.05, 3.63) is 71.7 Å². The van der Waals surface area contributed by atoms with Crippen molar-refractivity contribution in [3.63, 3.8) is 0 Å². The number of alkyl halides is 3. The van der Waals surface area contributed by atoms with Crippen LogP contribution < -0.4 is 16.4 Å². The molecule has 11 heteroatoms. The molecule has 0 unspecified atom stereocenters. The minimum Gasteiger partial charge on any atom is -0.383 e. The fraction of sp³-hybridized carbons (Fsp3) is 0.280. The number of hydrogen-bond donors (Lipinski definition) is 3. The van der Waals surface area contributed by atoms with Gasteiger partial charge in [-0.1, -0.05) is 31.0 Å². The highest BCUT2D eigenvalue weighted by Crippen LogP contribution is 2.34. The van der Waals surface area contributed by atoms with E-state index in [2.05, 4.69) is 20.6 Å². The number of urea groups is 1. The van der Waals surface area contributed by atoms with Crippen molar-refractivity contribution in [2.75, 3.05) is 16.4 Å². The van der Waals surface area contributed by atoms with Gasteiger partial charge in [-0.05, 0) is 48.7 Å². The Morgan fingerprint density at radius 3 is 2.44 bits per heavy atom. The summed E-state index contributed by atoms with van der Waals surface area (Å²) in [7, 11) is 0. The second-order valence-corrected chi connectivity index (χ2v) is 8.82. The number of halogens is 3. The molecule has 1 aliphatic rings. The normalized spacial score (nSPS) is 14.3. The lowest BCUT2D eigenvalue weighted by Gasteiger charge is -2.11. The molecule has 186 valence electrons. The van der Waals surface area contributed by atoms with Gasteiger partial charge in [-0.25, -0.2) is 19.4 Å². The lowest BCUT2D eigenvalue weighted by Crippen LogP contribution is -2.20. The van der Waals surface area contributed by atoms with Gasteiger partial charge in [-0.2, -0.15) is 18.3 Å². The molecule has 0 spiro atoms. The molecule has 5 rings (SSSR count). The van der Waals surface area contributed by atoms with E-state index in [4.69, 9.17) is 10.8 Å². The number of carbonyl (C=O) groups excluding carboxylic acids is 1. The molecule has 1 aliphatic carbocycles. The van der Waals surface area contributed by atoms with Crippen molar-refractivity contribution in [1.29, 1.82) is 0 Å². The summed E-state index contributed by atoms with van der Waals surface area (Å²) in [5.41, 5.74) is 8.22.